The molecule has 2 atom stereocenters. The Balaban J connectivity index is 1.97. The van der Waals surface area contributed by atoms with Gasteiger partial charge in [-0.3, -0.25) is 4.68 Å². The smallest absolute Gasteiger partial charge is 0.0860 e. The topological polar surface area (TPSA) is 39.1 Å². The lowest BCUT2D eigenvalue weighted by atomic mass is 9.64. The molecule has 5 heteroatoms. The van der Waals surface area contributed by atoms with Gasteiger partial charge in [0.25, 0.3) is 0 Å². The fourth-order valence-corrected chi connectivity index (χ4v) is 3.18. The Morgan fingerprint density at radius 3 is 2.70 bits per heavy atom. The van der Waals surface area contributed by atoms with Crippen LogP contribution in [0.2, 0.25) is 5.02 Å². The average molecular weight is 300 g/mol. The van der Waals surface area contributed by atoms with Gasteiger partial charge in [-0.2, -0.15) is 5.10 Å². The summed E-state index contributed by atoms with van der Waals surface area (Å²) >= 11 is 6.34. The Morgan fingerprint density at radius 2 is 2.15 bits per heavy atom. The van der Waals surface area contributed by atoms with Crippen LogP contribution in [0.4, 0.5) is 0 Å². The van der Waals surface area contributed by atoms with Gasteiger partial charge in [0.1, 0.15) is 0 Å². The van der Waals surface area contributed by atoms with Gasteiger partial charge in [-0.15, -0.1) is 0 Å². The molecule has 0 saturated heterocycles. The quantitative estimate of drug-likeness (QED) is 0.877. The molecule has 0 bridgehead atoms. The minimum absolute atomic E-state index is 0.175. The molecule has 4 nitrogen and oxygen atoms in total. The van der Waals surface area contributed by atoms with Gasteiger partial charge in [0.15, 0.2) is 0 Å². The normalized spacial score (nSPS) is 24.7. The van der Waals surface area contributed by atoms with E-state index in [0.717, 1.165) is 42.5 Å². The number of rotatable bonds is 6. The van der Waals surface area contributed by atoms with Crippen LogP contribution in [0.1, 0.15) is 45.5 Å². The third-order valence-electron chi connectivity index (χ3n) is 4.51. The molecule has 0 aliphatic heterocycles. The highest BCUT2D eigenvalue weighted by Crippen LogP contribution is 2.42. The second-order valence-electron chi connectivity index (χ2n) is 6.10. The summed E-state index contributed by atoms with van der Waals surface area (Å²) in [5, 5.41) is 8.86. The van der Waals surface area contributed by atoms with Crippen molar-refractivity contribution in [1.82, 2.24) is 15.1 Å². The molecule has 1 saturated carbocycles. The fraction of sp³-hybridized carbons (Fsp3) is 0.800. The first-order valence-electron chi connectivity index (χ1n) is 7.48. The summed E-state index contributed by atoms with van der Waals surface area (Å²) in [6.45, 7) is 13.0. The summed E-state index contributed by atoms with van der Waals surface area (Å²) in [5.41, 5.74) is 2.17. The van der Waals surface area contributed by atoms with Crippen molar-refractivity contribution in [3.05, 3.63) is 16.4 Å². The maximum atomic E-state index is 6.34. The van der Waals surface area contributed by atoms with Crippen LogP contribution in [0, 0.1) is 12.3 Å². The summed E-state index contributed by atoms with van der Waals surface area (Å²) in [6, 6.07) is 0.468. The standard InChI is InChI=1S/C15H26ClN3O/c1-6-19-11(14(16)10(3)18-19)9-17-12-8-13(20-7-2)15(12,4)5/h12-13,17H,6-9H2,1-5H3. The summed E-state index contributed by atoms with van der Waals surface area (Å²) in [7, 11) is 0. The average Bonchev–Trinajstić information content (AvgIpc) is 2.69. The van der Waals surface area contributed by atoms with Gasteiger partial charge in [-0.05, 0) is 27.2 Å². The van der Waals surface area contributed by atoms with E-state index in [1.54, 1.807) is 0 Å². The minimum Gasteiger partial charge on any atom is -0.378 e. The number of ether oxygens (including phenoxy) is 1. The lowest BCUT2D eigenvalue weighted by Crippen LogP contribution is -2.60. The highest BCUT2D eigenvalue weighted by Gasteiger charge is 2.48. The minimum atomic E-state index is 0.175. The van der Waals surface area contributed by atoms with E-state index < -0.39 is 0 Å². The van der Waals surface area contributed by atoms with Crippen molar-refractivity contribution >= 4 is 11.6 Å². The van der Waals surface area contributed by atoms with Gasteiger partial charge in [0, 0.05) is 31.2 Å². The maximum Gasteiger partial charge on any atom is 0.0860 e. The van der Waals surface area contributed by atoms with E-state index in [-0.39, 0.29) is 5.41 Å². The largest absolute Gasteiger partial charge is 0.378 e. The number of nitrogens with one attached hydrogen (secondary N) is 1. The Morgan fingerprint density at radius 1 is 1.45 bits per heavy atom. The molecule has 1 aromatic rings. The van der Waals surface area contributed by atoms with Gasteiger partial charge in [0.2, 0.25) is 0 Å². The Kier molecular flexibility index (Phi) is 4.77. The van der Waals surface area contributed by atoms with Gasteiger partial charge >= 0.3 is 0 Å². The van der Waals surface area contributed by atoms with Crippen molar-refractivity contribution in [2.24, 2.45) is 5.41 Å². The van der Waals surface area contributed by atoms with Gasteiger partial charge in [-0.25, -0.2) is 0 Å². The van der Waals surface area contributed by atoms with E-state index in [1.807, 2.05) is 11.6 Å². The van der Waals surface area contributed by atoms with Crippen LogP contribution in [0.5, 0.6) is 0 Å². The molecule has 0 amide bonds. The molecule has 2 unspecified atom stereocenters. The summed E-state index contributed by atoms with van der Waals surface area (Å²) in [6.07, 6.45) is 1.43. The first-order valence-corrected chi connectivity index (χ1v) is 7.86. The van der Waals surface area contributed by atoms with E-state index >= 15 is 0 Å². The number of hydrogen-bond donors (Lipinski definition) is 1. The summed E-state index contributed by atoms with van der Waals surface area (Å²) < 4.78 is 7.75. The van der Waals surface area contributed by atoms with Crippen molar-refractivity contribution < 1.29 is 4.74 Å². The molecular weight excluding hydrogens is 274 g/mol. The van der Waals surface area contributed by atoms with Crippen molar-refractivity contribution in [2.75, 3.05) is 6.61 Å². The monoisotopic (exact) mass is 299 g/mol. The zero-order valence-corrected chi connectivity index (χ0v) is 13.9. The summed E-state index contributed by atoms with van der Waals surface area (Å²) in [5.74, 6) is 0. The van der Waals surface area contributed by atoms with Crippen LogP contribution < -0.4 is 5.32 Å². The zero-order chi connectivity index (χ0) is 14.9. The maximum absolute atomic E-state index is 6.34. The number of aryl methyl sites for hydroxylation is 2. The predicted molar refractivity (Wildman–Crippen MR) is 82.1 cm³/mol. The third kappa shape index (κ3) is 2.74. The number of nitrogens with zero attached hydrogens (tertiary/aromatic N) is 2. The molecule has 1 heterocycles. The van der Waals surface area contributed by atoms with E-state index in [4.69, 9.17) is 16.3 Å². The first kappa shape index (κ1) is 15.8. The molecule has 20 heavy (non-hydrogen) atoms. The first-order chi connectivity index (χ1) is 9.41. The second-order valence-corrected chi connectivity index (χ2v) is 6.47. The van der Waals surface area contributed by atoms with Crippen molar-refractivity contribution in [3.63, 3.8) is 0 Å². The lowest BCUT2D eigenvalue weighted by Gasteiger charge is -2.52. The highest BCUT2D eigenvalue weighted by molar-refractivity contribution is 6.31. The molecule has 0 radical (unpaired) electrons. The Bertz CT molecular complexity index is 470. The van der Waals surface area contributed by atoms with Crippen molar-refractivity contribution in [2.45, 2.75) is 66.3 Å². The van der Waals surface area contributed by atoms with Crippen LogP contribution in [-0.4, -0.2) is 28.5 Å². The molecule has 1 aliphatic rings. The zero-order valence-electron chi connectivity index (χ0n) is 13.2. The van der Waals surface area contributed by atoms with Crippen LogP contribution >= 0.6 is 11.6 Å². The summed E-state index contributed by atoms with van der Waals surface area (Å²) in [4.78, 5) is 0. The van der Waals surface area contributed by atoms with Crippen LogP contribution in [0.3, 0.4) is 0 Å². The number of hydrogen-bond acceptors (Lipinski definition) is 3. The number of halogens is 1. The van der Waals surface area contributed by atoms with Gasteiger partial charge in [0.05, 0.1) is 22.5 Å². The molecule has 0 spiro atoms. The molecule has 1 aromatic heterocycles. The van der Waals surface area contributed by atoms with Crippen molar-refractivity contribution in [1.29, 1.82) is 0 Å². The Labute approximate surface area is 126 Å². The van der Waals surface area contributed by atoms with E-state index in [9.17, 15) is 0 Å². The lowest BCUT2D eigenvalue weighted by molar-refractivity contribution is -0.114. The van der Waals surface area contributed by atoms with Crippen LogP contribution in [0.15, 0.2) is 0 Å². The van der Waals surface area contributed by atoms with E-state index in [0.29, 0.717) is 12.1 Å². The van der Waals surface area contributed by atoms with Crippen LogP contribution in [-0.2, 0) is 17.8 Å². The molecule has 0 aromatic carbocycles. The van der Waals surface area contributed by atoms with Crippen LogP contribution in [0.25, 0.3) is 0 Å². The highest BCUT2D eigenvalue weighted by atomic mass is 35.5. The molecule has 2 rings (SSSR count). The van der Waals surface area contributed by atoms with Gasteiger partial charge in [-0.1, -0.05) is 25.4 Å². The van der Waals surface area contributed by atoms with Gasteiger partial charge < -0.3 is 10.1 Å². The predicted octanol–water partition coefficient (Wildman–Crippen LogP) is 3.16. The van der Waals surface area contributed by atoms with E-state index in [1.165, 1.54) is 0 Å². The Hall–Kier alpha value is -0.580. The molecule has 1 fully saturated rings. The molecule has 1 aliphatic carbocycles. The molecule has 1 N–H and O–H groups in total. The van der Waals surface area contributed by atoms with Crippen molar-refractivity contribution in [3.8, 4) is 0 Å². The SMILES string of the molecule is CCOC1CC(NCc2c(Cl)c(C)nn2CC)C1(C)C. The third-order valence-corrected chi connectivity index (χ3v) is 5.01. The molecular formula is C15H26ClN3O. The fourth-order valence-electron chi connectivity index (χ4n) is 2.97. The second kappa shape index (κ2) is 6.04. The molecule has 114 valence electrons. The van der Waals surface area contributed by atoms with E-state index in [2.05, 4.69) is 38.1 Å². The number of aromatic nitrogens is 2.